The van der Waals surface area contributed by atoms with E-state index >= 15 is 0 Å². The summed E-state index contributed by atoms with van der Waals surface area (Å²) in [6.45, 7) is 2.97. The van der Waals surface area contributed by atoms with Crippen LogP contribution in [0.5, 0.6) is 0 Å². The standard InChI is InChI=1S/C11H16N2O5S2/c1-4-13(6-10(14)12-3)20(17,18)9-5-8(11(15)16)19-7(9)2/h5H,4,6H2,1-3H3,(H,12,14)(H,15,16). The Morgan fingerprint density at radius 1 is 1.45 bits per heavy atom. The van der Waals surface area contributed by atoms with Gasteiger partial charge in [0.15, 0.2) is 0 Å². The molecule has 9 heteroatoms. The Balaban J connectivity index is 3.20. The van der Waals surface area contributed by atoms with E-state index in [1.165, 1.54) is 14.0 Å². The number of amides is 1. The molecule has 0 spiro atoms. The predicted molar refractivity (Wildman–Crippen MR) is 74.5 cm³/mol. The lowest BCUT2D eigenvalue weighted by Gasteiger charge is -2.19. The molecule has 1 aromatic rings. The van der Waals surface area contributed by atoms with E-state index in [0.29, 0.717) is 4.88 Å². The number of carbonyl (C=O) groups is 2. The Labute approximate surface area is 121 Å². The van der Waals surface area contributed by atoms with Gasteiger partial charge in [0.25, 0.3) is 0 Å². The lowest BCUT2D eigenvalue weighted by Crippen LogP contribution is -2.39. The van der Waals surface area contributed by atoms with Gasteiger partial charge in [0.05, 0.1) is 11.4 Å². The average Bonchev–Trinajstić information content (AvgIpc) is 2.78. The molecular formula is C11H16N2O5S2. The number of hydrogen-bond acceptors (Lipinski definition) is 5. The van der Waals surface area contributed by atoms with Crippen LogP contribution >= 0.6 is 11.3 Å². The maximum absolute atomic E-state index is 12.4. The van der Waals surface area contributed by atoms with Crippen molar-refractivity contribution in [3.8, 4) is 0 Å². The molecule has 0 fully saturated rings. The second kappa shape index (κ2) is 6.33. The third-order valence-electron chi connectivity index (χ3n) is 2.65. The lowest BCUT2D eigenvalue weighted by molar-refractivity contribution is -0.120. The Hall–Kier alpha value is -1.45. The summed E-state index contributed by atoms with van der Waals surface area (Å²) >= 11 is 0.896. The molecule has 0 unspecified atom stereocenters. The minimum Gasteiger partial charge on any atom is -0.477 e. The molecule has 2 N–H and O–H groups in total. The maximum atomic E-state index is 12.4. The van der Waals surface area contributed by atoms with Gasteiger partial charge in [-0.2, -0.15) is 4.31 Å². The van der Waals surface area contributed by atoms with Gasteiger partial charge in [-0.1, -0.05) is 6.92 Å². The minimum atomic E-state index is -3.88. The van der Waals surface area contributed by atoms with E-state index in [4.69, 9.17) is 5.11 Å². The zero-order valence-corrected chi connectivity index (χ0v) is 13.0. The number of aromatic carboxylic acids is 1. The first-order valence-corrected chi connectivity index (χ1v) is 8.04. The van der Waals surface area contributed by atoms with Crippen LogP contribution in [0.3, 0.4) is 0 Å². The minimum absolute atomic E-state index is 0.0444. The van der Waals surface area contributed by atoms with Crippen LogP contribution in [-0.4, -0.2) is 49.8 Å². The van der Waals surface area contributed by atoms with Crippen LogP contribution in [0.25, 0.3) is 0 Å². The molecule has 7 nitrogen and oxygen atoms in total. The number of sulfonamides is 1. The van der Waals surface area contributed by atoms with E-state index < -0.39 is 21.9 Å². The predicted octanol–water partition coefficient (Wildman–Crippen LogP) is 0.511. The number of likely N-dealkylation sites (N-methyl/N-ethyl adjacent to an activating group) is 2. The van der Waals surface area contributed by atoms with Crippen LogP contribution in [-0.2, 0) is 14.8 Å². The number of nitrogens with one attached hydrogen (secondary N) is 1. The SMILES string of the molecule is CCN(CC(=O)NC)S(=O)(=O)c1cc(C(=O)O)sc1C. The summed E-state index contributed by atoms with van der Waals surface area (Å²) in [5, 5.41) is 11.3. The fraction of sp³-hybridized carbons (Fsp3) is 0.455. The van der Waals surface area contributed by atoms with Gasteiger partial charge in [-0.3, -0.25) is 4.79 Å². The Morgan fingerprint density at radius 2 is 2.05 bits per heavy atom. The first kappa shape index (κ1) is 16.6. The average molecular weight is 320 g/mol. The van der Waals surface area contributed by atoms with Gasteiger partial charge >= 0.3 is 5.97 Å². The first-order chi connectivity index (χ1) is 9.23. The molecule has 0 aromatic carbocycles. The van der Waals surface area contributed by atoms with E-state index in [1.807, 2.05) is 0 Å². The number of thiophene rings is 1. The fourth-order valence-corrected chi connectivity index (χ4v) is 4.38. The van der Waals surface area contributed by atoms with E-state index in [-0.39, 0.29) is 22.9 Å². The second-order valence-electron chi connectivity index (χ2n) is 3.94. The molecule has 0 aliphatic heterocycles. The van der Waals surface area contributed by atoms with Gasteiger partial charge in [0.1, 0.15) is 4.88 Å². The van der Waals surface area contributed by atoms with Crippen molar-refractivity contribution in [2.75, 3.05) is 20.1 Å². The van der Waals surface area contributed by atoms with Crippen LogP contribution in [0.15, 0.2) is 11.0 Å². The van der Waals surface area contributed by atoms with Crippen molar-refractivity contribution >= 4 is 33.2 Å². The summed E-state index contributed by atoms with van der Waals surface area (Å²) in [7, 11) is -2.46. The third-order valence-corrected chi connectivity index (χ3v) is 5.87. The molecule has 1 heterocycles. The summed E-state index contributed by atoms with van der Waals surface area (Å²) in [4.78, 5) is 22.5. The van der Waals surface area contributed by atoms with Crippen molar-refractivity contribution in [1.29, 1.82) is 0 Å². The monoisotopic (exact) mass is 320 g/mol. The molecule has 0 aliphatic carbocycles. The van der Waals surface area contributed by atoms with Gasteiger partial charge < -0.3 is 10.4 Å². The summed E-state index contributed by atoms with van der Waals surface area (Å²) in [6, 6.07) is 1.13. The largest absolute Gasteiger partial charge is 0.477 e. The molecule has 1 aromatic heterocycles. The fourth-order valence-electron chi connectivity index (χ4n) is 1.57. The van der Waals surface area contributed by atoms with Gasteiger partial charge in [-0.05, 0) is 13.0 Å². The Kier molecular flexibility index (Phi) is 5.26. The van der Waals surface area contributed by atoms with Gasteiger partial charge in [0, 0.05) is 18.5 Å². The highest BCUT2D eigenvalue weighted by atomic mass is 32.2. The summed E-state index contributed by atoms with van der Waals surface area (Å²) < 4.78 is 25.9. The molecule has 1 rings (SSSR count). The third kappa shape index (κ3) is 3.35. The van der Waals surface area contributed by atoms with Crippen LogP contribution in [0.4, 0.5) is 0 Å². The quantitative estimate of drug-likeness (QED) is 0.795. The van der Waals surface area contributed by atoms with Crippen molar-refractivity contribution < 1.29 is 23.1 Å². The van der Waals surface area contributed by atoms with Gasteiger partial charge in [-0.25, -0.2) is 13.2 Å². The number of rotatable bonds is 6. The van der Waals surface area contributed by atoms with Crippen LogP contribution in [0.2, 0.25) is 0 Å². The van der Waals surface area contributed by atoms with E-state index in [9.17, 15) is 18.0 Å². The van der Waals surface area contributed by atoms with Crippen molar-refractivity contribution in [2.24, 2.45) is 0 Å². The molecule has 0 bridgehead atoms. The molecular weight excluding hydrogens is 304 g/mol. The number of aryl methyl sites for hydroxylation is 1. The molecule has 0 radical (unpaired) electrons. The zero-order valence-electron chi connectivity index (χ0n) is 11.3. The Morgan fingerprint density at radius 3 is 2.45 bits per heavy atom. The van der Waals surface area contributed by atoms with Crippen molar-refractivity contribution in [2.45, 2.75) is 18.7 Å². The Bertz CT molecular complexity index is 621. The number of carboxylic acid groups (broad SMARTS) is 1. The van der Waals surface area contributed by atoms with Crippen LogP contribution < -0.4 is 5.32 Å². The lowest BCUT2D eigenvalue weighted by atomic mass is 10.4. The van der Waals surface area contributed by atoms with Crippen LogP contribution in [0, 0.1) is 6.92 Å². The molecule has 0 saturated heterocycles. The number of hydrogen-bond donors (Lipinski definition) is 2. The number of carbonyl (C=O) groups excluding carboxylic acids is 1. The first-order valence-electron chi connectivity index (χ1n) is 5.78. The smallest absolute Gasteiger partial charge is 0.345 e. The molecule has 0 saturated carbocycles. The van der Waals surface area contributed by atoms with Crippen molar-refractivity contribution in [3.05, 3.63) is 15.8 Å². The highest BCUT2D eigenvalue weighted by Crippen LogP contribution is 2.28. The summed E-state index contributed by atoms with van der Waals surface area (Å²) in [5.41, 5.74) is 0. The molecule has 112 valence electrons. The van der Waals surface area contributed by atoms with E-state index in [1.54, 1.807) is 6.92 Å². The van der Waals surface area contributed by atoms with Crippen molar-refractivity contribution in [3.63, 3.8) is 0 Å². The highest BCUT2D eigenvalue weighted by Gasteiger charge is 2.29. The van der Waals surface area contributed by atoms with Gasteiger partial charge in [0.2, 0.25) is 15.9 Å². The maximum Gasteiger partial charge on any atom is 0.345 e. The molecule has 1 amide bonds. The van der Waals surface area contributed by atoms with Gasteiger partial charge in [-0.15, -0.1) is 11.3 Å². The highest BCUT2D eigenvalue weighted by molar-refractivity contribution is 7.89. The van der Waals surface area contributed by atoms with E-state index in [0.717, 1.165) is 21.7 Å². The van der Waals surface area contributed by atoms with Crippen LogP contribution in [0.1, 0.15) is 21.5 Å². The zero-order chi connectivity index (χ0) is 15.5. The van der Waals surface area contributed by atoms with Crippen molar-refractivity contribution in [1.82, 2.24) is 9.62 Å². The van der Waals surface area contributed by atoms with E-state index in [2.05, 4.69) is 5.32 Å². The second-order valence-corrected chi connectivity index (χ2v) is 7.10. The summed E-state index contributed by atoms with van der Waals surface area (Å²) in [5.74, 6) is -1.60. The number of nitrogens with zero attached hydrogens (tertiary/aromatic N) is 1. The summed E-state index contributed by atoms with van der Waals surface area (Å²) in [6.07, 6.45) is 0. The number of carboxylic acids is 1. The normalized spacial score (nSPS) is 11.6. The molecule has 20 heavy (non-hydrogen) atoms. The molecule has 0 aliphatic rings. The molecule has 0 atom stereocenters. The topological polar surface area (TPSA) is 104 Å².